The maximum Gasteiger partial charge on any atom is 0.330 e. The lowest BCUT2D eigenvalue weighted by Crippen LogP contribution is -2.38. The van der Waals surface area contributed by atoms with E-state index >= 15 is 0 Å². The van der Waals surface area contributed by atoms with Gasteiger partial charge in [0, 0.05) is 23.2 Å². The molecule has 0 spiro atoms. The van der Waals surface area contributed by atoms with Crippen molar-refractivity contribution in [3.63, 3.8) is 0 Å². The maximum atomic E-state index is 11.9. The number of nitrogen functional groups attached to an aromatic ring is 1. The van der Waals surface area contributed by atoms with E-state index < -0.39 is 5.41 Å². The summed E-state index contributed by atoms with van der Waals surface area (Å²) in [5.74, 6) is 0.322. The van der Waals surface area contributed by atoms with Crippen molar-refractivity contribution in [3.8, 4) is 0 Å². The van der Waals surface area contributed by atoms with Gasteiger partial charge in [-0.15, -0.1) is 5.06 Å². The van der Waals surface area contributed by atoms with Gasteiger partial charge in [-0.25, -0.2) is 4.79 Å². The Morgan fingerprint density at radius 2 is 1.95 bits per heavy atom. The lowest BCUT2D eigenvalue weighted by Gasteiger charge is -2.32. The normalized spacial score (nSPS) is 17.7. The zero-order valence-corrected chi connectivity index (χ0v) is 14.4. The lowest BCUT2D eigenvalue weighted by atomic mass is 9.90. The fourth-order valence-electron chi connectivity index (χ4n) is 2.33. The molecule has 5 heteroatoms. The average Bonchev–Trinajstić information content (AvgIpc) is 2.42. The number of nitrogens with two attached hydrogens (primary N) is 1. The summed E-state index contributed by atoms with van der Waals surface area (Å²) in [7, 11) is 0. The number of benzene rings is 1. The van der Waals surface area contributed by atoms with Gasteiger partial charge in [-0.1, -0.05) is 6.07 Å². The molecule has 0 radical (unpaired) electrons. The number of rotatable bonds is 2. The minimum atomic E-state index is -0.460. The second kappa shape index (κ2) is 6.36. The molecule has 0 aromatic heterocycles. The van der Waals surface area contributed by atoms with Crippen molar-refractivity contribution in [2.24, 2.45) is 5.41 Å². The molecule has 1 aliphatic heterocycles. The second-order valence-corrected chi connectivity index (χ2v) is 7.47. The second-order valence-electron chi connectivity index (χ2n) is 6.61. The van der Waals surface area contributed by atoms with Crippen LogP contribution in [-0.2, 0) is 9.63 Å². The molecule has 1 fully saturated rings. The van der Waals surface area contributed by atoms with Gasteiger partial charge < -0.3 is 10.6 Å². The van der Waals surface area contributed by atoms with Gasteiger partial charge in [0.2, 0.25) is 0 Å². The van der Waals surface area contributed by atoms with Crippen LogP contribution in [0.1, 0.15) is 45.1 Å². The highest BCUT2D eigenvalue weighted by molar-refractivity contribution is 9.10. The van der Waals surface area contributed by atoms with Crippen LogP contribution in [0.25, 0.3) is 0 Å². The minimum Gasteiger partial charge on any atom is -0.398 e. The summed E-state index contributed by atoms with van der Waals surface area (Å²) in [6.07, 6.45) is 1.96. The Morgan fingerprint density at radius 1 is 1.33 bits per heavy atom. The van der Waals surface area contributed by atoms with Crippen molar-refractivity contribution in [2.45, 2.75) is 39.5 Å². The maximum absolute atomic E-state index is 11.9. The highest BCUT2D eigenvalue weighted by Gasteiger charge is 2.28. The number of nitrogens with zero attached hydrogens (tertiary/aromatic N) is 1. The molecule has 2 N–H and O–H groups in total. The fourth-order valence-corrected chi connectivity index (χ4v) is 2.73. The summed E-state index contributed by atoms with van der Waals surface area (Å²) < 4.78 is 0.946. The van der Waals surface area contributed by atoms with Gasteiger partial charge in [-0.2, -0.15) is 0 Å². The molecular weight excluding hydrogens is 332 g/mol. The quantitative estimate of drug-likeness (QED) is 0.822. The van der Waals surface area contributed by atoms with E-state index in [1.807, 2.05) is 26.8 Å². The van der Waals surface area contributed by atoms with Gasteiger partial charge >= 0.3 is 5.97 Å². The molecule has 1 aromatic rings. The number of halogens is 1. The van der Waals surface area contributed by atoms with Crippen LogP contribution in [0.4, 0.5) is 5.69 Å². The SMILES string of the molecule is CC(C)(C)C(=O)ON1CCC(c2ccc(N)c(Br)c2)CC1. The monoisotopic (exact) mass is 354 g/mol. The molecule has 1 aromatic carbocycles. The van der Waals surface area contributed by atoms with E-state index in [0.717, 1.165) is 36.1 Å². The van der Waals surface area contributed by atoms with Gasteiger partial charge in [0.1, 0.15) is 0 Å². The standard InChI is InChI=1S/C16H23BrN2O2/c1-16(2,3)15(20)21-19-8-6-11(7-9-19)12-4-5-14(18)13(17)10-12/h4-5,10-11H,6-9,18H2,1-3H3. The first-order valence-corrected chi connectivity index (χ1v) is 8.09. The Balaban J connectivity index is 1.91. The summed E-state index contributed by atoms with van der Waals surface area (Å²) in [4.78, 5) is 17.3. The Labute approximate surface area is 134 Å². The van der Waals surface area contributed by atoms with Gasteiger partial charge in [0.15, 0.2) is 0 Å². The molecule has 2 rings (SSSR count). The van der Waals surface area contributed by atoms with E-state index in [4.69, 9.17) is 10.6 Å². The average molecular weight is 355 g/mol. The predicted molar refractivity (Wildman–Crippen MR) is 87.6 cm³/mol. The third-order valence-corrected chi connectivity index (χ3v) is 4.46. The predicted octanol–water partition coefficient (Wildman–Crippen LogP) is 3.72. The Bertz CT molecular complexity index is 517. The number of anilines is 1. The summed E-state index contributed by atoms with van der Waals surface area (Å²) in [5, 5.41) is 1.79. The number of carbonyl (C=O) groups excluding carboxylic acids is 1. The topological polar surface area (TPSA) is 55.6 Å². The third-order valence-electron chi connectivity index (χ3n) is 3.77. The van der Waals surface area contributed by atoms with E-state index in [1.165, 1.54) is 5.56 Å². The van der Waals surface area contributed by atoms with Gasteiger partial charge in [-0.3, -0.25) is 0 Å². The number of hydrogen-bond acceptors (Lipinski definition) is 4. The van der Waals surface area contributed by atoms with E-state index in [2.05, 4.69) is 28.1 Å². The summed E-state index contributed by atoms with van der Waals surface area (Å²) in [6, 6.07) is 6.11. The lowest BCUT2D eigenvalue weighted by molar-refractivity contribution is -0.204. The van der Waals surface area contributed by atoms with Crippen LogP contribution in [0, 0.1) is 5.41 Å². The molecular formula is C16H23BrN2O2. The first kappa shape index (κ1) is 16.3. The molecule has 0 bridgehead atoms. The van der Waals surface area contributed by atoms with Crippen molar-refractivity contribution in [1.82, 2.24) is 5.06 Å². The van der Waals surface area contributed by atoms with Crippen molar-refractivity contribution < 1.29 is 9.63 Å². The number of hydrogen-bond donors (Lipinski definition) is 1. The first-order chi connectivity index (χ1) is 9.77. The highest BCUT2D eigenvalue weighted by atomic mass is 79.9. The molecule has 21 heavy (non-hydrogen) atoms. The molecule has 1 heterocycles. The van der Waals surface area contributed by atoms with Crippen LogP contribution < -0.4 is 5.73 Å². The minimum absolute atomic E-state index is 0.170. The largest absolute Gasteiger partial charge is 0.398 e. The van der Waals surface area contributed by atoms with Gasteiger partial charge in [0.05, 0.1) is 5.41 Å². The number of carbonyl (C=O) groups is 1. The summed E-state index contributed by atoms with van der Waals surface area (Å²) >= 11 is 3.47. The zero-order valence-electron chi connectivity index (χ0n) is 12.9. The van der Waals surface area contributed by atoms with E-state index in [-0.39, 0.29) is 5.97 Å². The van der Waals surface area contributed by atoms with Gasteiger partial charge in [0.25, 0.3) is 0 Å². The number of piperidine rings is 1. The Hall–Kier alpha value is -1.07. The van der Waals surface area contributed by atoms with Crippen LogP contribution in [0.2, 0.25) is 0 Å². The van der Waals surface area contributed by atoms with Crippen LogP contribution in [-0.4, -0.2) is 24.1 Å². The van der Waals surface area contributed by atoms with Crippen molar-refractivity contribution in [1.29, 1.82) is 0 Å². The van der Waals surface area contributed by atoms with E-state index in [9.17, 15) is 4.79 Å². The third kappa shape index (κ3) is 4.20. The molecule has 4 nitrogen and oxygen atoms in total. The fraction of sp³-hybridized carbons (Fsp3) is 0.562. The van der Waals surface area contributed by atoms with Crippen molar-refractivity contribution in [2.75, 3.05) is 18.8 Å². The zero-order chi connectivity index (χ0) is 15.6. The van der Waals surface area contributed by atoms with Crippen molar-refractivity contribution in [3.05, 3.63) is 28.2 Å². The van der Waals surface area contributed by atoms with Crippen molar-refractivity contribution >= 4 is 27.6 Å². The van der Waals surface area contributed by atoms with Crippen LogP contribution in [0.5, 0.6) is 0 Å². The number of hydroxylamine groups is 2. The van der Waals surface area contributed by atoms with Crippen LogP contribution in [0.3, 0.4) is 0 Å². The summed E-state index contributed by atoms with van der Waals surface area (Å²) in [6.45, 7) is 7.15. The molecule has 0 amide bonds. The Morgan fingerprint density at radius 3 is 2.48 bits per heavy atom. The molecule has 0 atom stereocenters. The first-order valence-electron chi connectivity index (χ1n) is 7.29. The molecule has 0 unspecified atom stereocenters. The Kier molecular flexibility index (Phi) is 4.94. The molecule has 0 aliphatic carbocycles. The highest BCUT2D eigenvalue weighted by Crippen LogP contribution is 2.32. The molecule has 1 aliphatic rings. The summed E-state index contributed by atoms with van der Waals surface area (Å²) in [5.41, 5.74) is 7.41. The van der Waals surface area contributed by atoms with Crippen LogP contribution in [0.15, 0.2) is 22.7 Å². The van der Waals surface area contributed by atoms with E-state index in [1.54, 1.807) is 5.06 Å². The molecule has 1 saturated heterocycles. The smallest absolute Gasteiger partial charge is 0.330 e. The van der Waals surface area contributed by atoms with Crippen LogP contribution >= 0.6 is 15.9 Å². The van der Waals surface area contributed by atoms with E-state index in [0.29, 0.717) is 5.92 Å². The molecule has 116 valence electrons. The van der Waals surface area contributed by atoms with Gasteiger partial charge in [-0.05, 0) is 73.2 Å². The molecule has 0 saturated carbocycles.